The first kappa shape index (κ1) is 24.8. The van der Waals surface area contributed by atoms with Crippen molar-refractivity contribution in [1.82, 2.24) is 5.43 Å². The second-order valence-corrected chi connectivity index (χ2v) is 8.82. The van der Waals surface area contributed by atoms with E-state index in [1.165, 1.54) is 13.3 Å². The zero-order valence-electron chi connectivity index (χ0n) is 17.3. The van der Waals surface area contributed by atoms with E-state index in [0.29, 0.717) is 38.9 Å². The number of hydrogen-bond donors (Lipinski definition) is 2. The van der Waals surface area contributed by atoms with Gasteiger partial charge in [-0.2, -0.15) is 5.10 Å². The zero-order chi connectivity index (χ0) is 23.8. The number of nitrogens with zero attached hydrogens (tertiary/aromatic N) is 1. The molecule has 2 amide bonds. The second-order valence-electron chi connectivity index (χ2n) is 6.61. The zero-order valence-corrected chi connectivity index (χ0v) is 21.2. The minimum absolute atomic E-state index is 0.298. The molecule has 0 saturated heterocycles. The quantitative estimate of drug-likeness (QED) is 0.213. The molecule has 10 heteroatoms. The lowest BCUT2D eigenvalue weighted by molar-refractivity contribution is -0.136. The molecule has 7 nitrogen and oxygen atoms in total. The highest BCUT2D eigenvalue weighted by Crippen LogP contribution is 2.37. The summed E-state index contributed by atoms with van der Waals surface area (Å²) in [7, 11) is 1.52. The number of nitrogens with one attached hydrogen (secondary N) is 2. The average molecular weight is 596 g/mol. The standard InChI is InChI=1S/C23H18Br2ClN3O4/c1-32-20-11-15(10-19(25)21(20)33-13-14-3-2-4-17(26)9-14)12-27-29-23(31)22(30)28-18-7-5-16(24)6-8-18/h2-12H,13H2,1H3,(H,28,30)(H,29,31)/b27-12+. The maximum Gasteiger partial charge on any atom is 0.329 e. The molecule has 2 N–H and O–H groups in total. The summed E-state index contributed by atoms with van der Waals surface area (Å²) in [6, 6.07) is 17.6. The maximum atomic E-state index is 12.0. The SMILES string of the molecule is COc1cc(/C=N/NC(=O)C(=O)Nc2ccc(Br)cc2)cc(Br)c1OCc1cccc(Cl)c1. The average Bonchev–Trinajstić information content (AvgIpc) is 2.79. The van der Waals surface area contributed by atoms with Crippen LogP contribution in [0.2, 0.25) is 5.02 Å². The van der Waals surface area contributed by atoms with Crippen LogP contribution in [0.4, 0.5) is 5.69 Å². The Bertz CT molecular complexity index is 1190. The van der Waals surface area contributed by atoms with Gasteiger partial charge in [0, 0.05) is 15.2 Å². The minimum Gasteiger partial charge on any atom is -0.493 e. The van der Waals surface area contributed by atoms with Crippen molar-refractivity contribution in [2.24, 2.45) is 5.10 Å². The fourth-order valence-electron chi connectivity index (χ4n) is 2.67. The fourth-order valence-corrected chi connectivity index (χ4v) is 3.73. The van der Waals surface area contributed by atoms with Crippen molar-refractivity contribution < 1.29 is 19.1 Å². The van der Waals surface area contributed by atoms with Crippen LogP contribution in [0.5, 0.6) is 11.5 Å². The summed E-state index contributed by atoms with van der Waals surface area (Å²) >= 11 is 12.8. The molecule has 0 fully saturated rings. The van der Waals surface area contributed by atoms with Gasteiger partial charge in [0.2, 0.25) is 0 Å². The Kier molecular flexibility index (Phi) is 8.87. The summed E-state index contributed by atoms with van der Waals surface area (Å²) in [5.41, 5.74) is 4.21. The number of hydrogen-bond acceptors (Lipinski definition) is 5. The Morgan fingerprint density at radius 3 is 2.52 bits per heavy atom. The number of methoxy groups -OCH3 is 1. The van der Waals surface area contributed by atoms with Gasteiger partial charge >= 0.3 is 11.8 Å². The van der Waals surface area contributed by atoms with E-state index in [2.05, 4.69) is 47.7 Å². The highest BCUT2D eigenvalue weighted by molar-refractivity contribution is 9.10. The van der Waals surface area contributed by atoms with Crippen molar-refractivity contribution in [1.29, 1.82) is 0 Å². The van der Waals surface area contributed by atoms with E-state index in [1.807, 2.05) is 18.2 Å². The fraction of sp³-hybridized carbons (Fsp3) is 0.0870. The molecule has 0 heterocycles. The molecule has 0 aliphatic rings. The van der Waals surface area contributed by atoms with Crippen LogP contribution in [0.1, 0.15) is 11.1 Å². The van der Waals surface area contributed by atoms with Gasteiger partial charge in [-0.05, 0) is 75.6 Å². The van der Waals surface area contributed by atoms with E-state index < -0.39 is 11.8 Å². The van der Waals surface area contributed by atoms with Crippen molar-refractivity contribution in [2.45, 2.75) is 6.61 Å². The lowest BCUT2D eigenvalue weighted by Crippen LogP contribution is -2.32. The van der Waals surface area contributed by atoms with Crippen LogP contribution in [-0.2, 0) is 16.2 Å². The van der Waals surface area contributed by atoms with Gasteiger partial charge in [0.15, 0.2) is 11.5 Å². The molecule has 0 atom stereocenters. The number of amides is 2. The van der Waals surface area contributed by atoms with Crippen LogP contribution in [-0.4, -0.2) is 25.1 Å². The predicted octanol–water partition coefficient (Wildman–Crippen LogP) is 5.54. The molecule has 3 rings (SSSR count). The molecule has 0 aliphatic heterocycles. The topological polar surface area (TPSA) is 89.0 Å². The smallest absolute Gasteiger partial charge is 0.329 e. The van der Waals surface area contributed by atoms with E-state index in [-0.39, 0.29) is 0 Å². The van der Waals surface area contributed by atoms with Crippen LogP contribution in [0, 0.1) is 0 Å². The van der Waals surface area contributed by atoms with E-state index in [1.54, 1.807) is 42.5 Å². The Morgan fingerprint density at radius 1 is 1.06 bits per heavy atom. The number of rotatable bonds is 7. The molecule has 0 aromatic heterocycles. The summed E-state index contributed by atoms with van der Waals surface area (Å²) in [6.07, 6.45) is 1.39. The molecule has 0 bridgehead atoms. The van der Waals surface area contributed by atoms with Gasteiger partial charge < -0.3 is 14.8 Å². The minimum atomic E-state index is -0.901. The van der Waals surface area contributed by atoms with Crippen molar-refractivity contribution >= 4 is 67.2 Å². The van der Waals surface area contributed by atoms with E-state index in [4.69, 9.17) is 21.1 Å². The van der Waals surface area contributed by atoms with E-state index in [9.17, 15) is 9.59 Å². The van der Waals surface area contributed by atoms with Crippen LogP contribution < -0.4 is 20.2 Å². The van der Waals surface area contributed by atoms with Gasteiger partial charge in [-0.3, -0.25) is 9.59 Å². The Balaban J connectivity index is 1.61. The van der Waals surface area contributed by atoms with Gasteiger partial charge in [-0.15, -0.1) is 0 Å². The van der Waals surface area contributed by atoms with Crippen molar-refractivity contribution in [3.63, 3.8) is 0 Å². The molecule has 0 spiro atoms. The van der Waals surface area contributed by atoms with Gasteiger partial charge in [-0.1, -0.05) is 39.7 Å². The Hall–Kier alpha value is -2.88. The van der Waals surface area contributed by atoms with Crippen LogP contribution in [0.3, 0.4) is 0 Å². The number of carbonyl (C=O) groups excluding carboxylic acids is 2. The van der Waals surface area contributed by atoms with Crippen molar-refractivity contribution in [3.05, 3.63) is 85.8 Å². The molecule has 3 aromatic rings. The third kappa shape index (κ3) is 7.31. The van der Waals surface area contributed by atoms with Gasteiger partial charge in [0.25, 0.3) is 0 Å². The number of ether oxygens (including phenoxy) is 2. The number of hydrazone groups is 1. The predicted molar refractivity (Wildman–Crippen MR) is 135 cm³/mol. The molecule has 0 unspecified atom stereocenters. The highest BCUT2D eigenvalue weighted by Gasteiger charge is 2.14. The Morgan fingerprint density at radius 2 is 1.82 bits per heavy atom. The molecule has 0 aliphatic carbocycles. The second kappa shape index (κ2) is 11.8. The van der Waals surface area contributed by atoms with Gasteiger partial charge in [0.1, 0.15) is 6.61 Å². The number of carbonyl (C=O) groups is 2. The number of halogens is 3. The third-order valence-corrected chi connectivity index (χ3v) is 5.56. The van der Waals surface area contributed by atoms with Crippen LogP contribution in [0.15, 0.2) is 74.7 Å². The summed E-state index contributed by atoms with van der Waals surface area (Å²) < 4.78 is 12.8. The molecular formula is C23H18Br2ClN3O4. The lowest BCUT2D eigenvalue weighted by Gasteiger charge is -2.13. The molecule has 0 saturated carbocycles. The van der Waals surface area contributed by atoms with Gasteiger partial charge in [0.05, 0.1) is 17.8 Å². The first-order valence-electron chi connectivity index (χ1n) is 9.50. The lowest BCUT2D eigenvalue weighted by atomic mass is 10.2. The van der Waals surface area contributed by atoms with E-state index >= 15 is 0 Å². The number of anilines is 1. The highest BCUT2D eigenvalue weighted by atomic mass is 79.9. The Labute approximate surface area is 212 Å². The monoisotopic (exact) mass is 593 g/mol. The van der Waals surface area contributed by atoms with Crippen LogP contribution >= 0.6 is 43.5 Å². The maximum absolute atomic E-state index is 12.0. The van der Waals surface area contributed by atoms with Crippen molar-refractivity contribution in [2.75, 3.05) is 12.4 Å². The normalized spacial score (nSPS) is 10.7. The van der Waals surface area contributed by atoms with E-state index in [0.717, 1.165) is 10.0 Å². The molecule has 33 heavy (non-hydrogen) atoms. The summed E-state index contributed by atoms with van der Waals surface area (Å²) in [4.78, 5) is 24.0. The number of benzene rings is 3. The molecule has 0 radical (unpaired) electrons. The molecule has 3 aromatic carbocycles. The molecular weight excluding hydrogens is 578 g/mol. The third-order valence-electron chi connectivity index (χ3n) is 4.21. The van der Waals surface area contributed by atoms with Crippen molar-refractivity contribution in [3.8, 4) is 11.5 Å². The summed E-state index contributed by atoms with van der Waals surface area (Å²) in [6.45, 7) is 0.298. The first-order chi connectivity index (χ1) is 15.9. The molecule has 170 valence electrons. The summed E-state index contributed by atoms with van der Waals surface area (Å²) in [5, 5.41) is 6.95. The van der Waals surface area contributed by atoms with Crippen LogP contribution in [0.25, 0.3) is 0 Å². The van der Waals surface area contributed by atoms with Gasteiger partial charge in [-0.25, -0.2) is 5.43 Å². The first-order valence-corrected chi connectivity index (χ1v) is 11.5. The largest absolute Gasteiger partial charge is 0.493 e. The summed E-state index contributed by atoms with van der Waals surface area (Å²) in [5.74, 6) is -0.764.